The molecule has 0 saturated carbocycles. The van der Waals surface area contributed by atoms with Crippen LogP contribution in [0.4, 0.5) is 4.79 Å². The van der Waals surface area contributed by atoms with Gasteiger partial charge in [0.2, 0.25) is 0 Å². The number of carbonyl (C=O) groups is 1. The normalized spacial score (nSPS) is 19.8. The minimum atomic E-state index is -0.232. The number of carbonyl (C=O) groups excluding carboxylic acids is 1. The summed E-state index contributed by atoms with van der Waals surface area (Å²) in [6, 6.07) is 4.37. The first kappa shape index (κ1) is 23.6. The van der Waals surface area contributed by atoms with Crippen LogP contribution in [0.25, 0.3) is 0 Å². The summed E-state index contributed by atoms with van der Waals surface area (Å²) in [5.41, 5.74) is 6.74. The Bertz CT molecular complexity index is 946. The van der Waals surface area contributed by atoms with Crippen LogP contribution in [0.3, 0.4) is 0 Å². The Morgan fingerprint density at radius 1 is 1.30 bits per heavy atom. The van der Waals surface area contributed by atoms with Crippen molar-refractivity contribution in [1.29, 1.82) is 0 Å². The number of hydrogen-bond donors (Lipinski definition) is 0. The van der Waals surface area contributed by atoms with Gasteiger partial charge in [-0.05, 0) is 68.0 Å². The number of hydrogen-bond acceptors (Lipinski definition) is 2. The number of aryl methyl sites for hydroxylation is 1. The second-order valence-corrected chi connectivity index (χ2v) is 10.2. The van der Waals surface area contributed by atoms with Crippen LogP contribution < -0.4 is 0 Å². The molecule has 1 aliphatic carbocycles. The molecule has 1 aliphatic heterocycles. The van der Waals surface area contributed by atoms with Crippen molar-refractivity contribution in [3.05, 3.63) is 78.2 Å². The number of ether oxygens (including phenoxy) is 1. The lowest BCUT2D eigenvalue weighted by molar-refractivity contribution is 0.110. The second kappa shape index (κ2) is 10.5. The number of nitrogens with zero attached hydrogens (tertiary/aromatic N) is 1. The van der Waals surface area contributed by atoms with Crippen LogP contribution in [0.5, 0.6) is 0 Å². The fourth-order valence-electron chi connectivity index (χ4n) is 4.24. The molecule has 30 heavy (non-hydrogen) atoms. The van der Waals surface area contributed by atoms with E-state index in [9.17, 15) is 4.79 Å². The smallest absolute Gasteiger partial charge is 0.410 e. The van der Waals surface area contributed by atoms with Gasteiger partial charge in [0.25, 0.3) is 0 Å². The molecule has 0 fully saturated rings. The highest BCUT2D eigenvalue weighted by Gasteiger charge is 2.30. The molecule has 1 aromatic carbocycles. The lowest BCUT2D eigenvalue weighted by Gasteiger charge is -2.31. The average molecular weight is 600 g/mol. The molecule has 0 bridgehead atoms. The fraction of sp³-hybridized carbons (Fsp3) is 0.375. The van der Waals surface area contributed by atoms with Crippen LogP contribution in [-0.2, 0) is 11.2 Å². The van der Waals surface area contributed by atoms with Gasteiger partial charge in [-0.15, -0.1) is 0 Å². The van der Waals surface area contributed by atoms with Crippen LogP contribution in [0.2, 0.25) is 0 Å². The van der Waals surface area contributed by atoms with E-state index in [0.29, 0.717) is 19.7 Å². The lowest BCUT2D eigenvalue weighted by atomic mass is 9.80. The molecule has 3 rings (SSSR count). The van der Waals surface area contributed by atoms with Gasteiger partial charge in [0.15, 0.2) is 0 Å². The van der Waals surface area contributed by atoms with Gasteiger partial charge in [-0.25, -0.2) is 4.79 Å². The van der Waals surface area contributed by atoms with E-state index in [-0.39, 0.29) is 12.0 Å². The third kappa shape index (κ3) is 5.20. The first-order valence-corrected chi connectivity index (χ1v) is 12.5. The Balaban J connectivity index is 2.07. The molecule has 1 amide bonds. The molecule has 160 valence electrons. The molecule has 0 N–H and O–H groups in total. The Morgan fingerprint density at radius 3 is 2.70 bits per heavy atom. The molecular formula is C24H26Br3NO2. The lowest BCUT2D eigenvalue weighted by Crippen LogP contribution is -2.36. The molecule has 0 spiro atoms. The third-order valence-corrected chi connectivity index (χ3v) is 7.39. The van der Waals surface area contributed by atoms with Crippen LogP contribution in [0, 0.1) is 0 Å². The number of allylic oxidation sites excluding steroid dienone is 5. The average Bonchev–Trinajstić information content (AvgIpc) is 2.85. The summed E-state index contributed by atoms with van der Waals surface area (Å²) in [5.74, 6) is 0.186. The van der Waals surface area contributed by atoms with Crippen molar-refractivity contribution in [3.8, 4) is 0 Å². The quantitative estimate of drug-likeness (QED) is 0.261. The van der Waals surface area contributed by atoms with E-state index in [0.717, 1.165) is 32.7 Å². The van der Waals surface area contributed by atoms with Gasteiger partial charge in [0, 0.05) is 32.4 Å². The Morgan fingerprint density at radius 2 is 2.07 bits per heavy atom. The van der Waals surface area contributed by atoms with Crippen molar-refractivity contribution in [2.75, 3.05) is 19.7 Å². The SMILES string of the molecule is C=C/C(Br)=C\C1=C(C)C(C2=CCN(C(=O)OCC)CC2)c2c(Br)cc(Br)cc2CC1. The first-order chi connectivity index (χ1) is 14.3. The Hall–Kier alpha value is -1.11. The Kier molecular flexibility index (Phi) is 8.22. The molecule has 1 aromatic rings. The summed E-state index contributed by atoms with van der Waals surface area (Å²) in [4.78, 5) is 13.9. The maximum absolute atomic E-state index is 12.1. The van der Waals surface area contributed by atoms with Crippen molar-refractivity contribution < 1.29 is 9.53 Å². The largest absolute Gasteiger partial charge is 0.450 e. The molecular weight excluding hydrogens is 574 g/mol. The van der Waals surface area contributed by atoms with Gasteiger partial charge in [-0.1, -0.05) is 77.7 Å². The molecule has 6 heteroatoms. The molecule has 0 aromatic heterocycles. The summed E-state index contributed by atoms with van der Waals surface area (Å²) in [7, 11) is 0. The summed E-state index contributed by atoms with van der Waals surface area (Å²) in [5, 5.41) is 0. The van der Waals surface area contributed by atoms with Gasteiger partial charge in [0.1, 0.15) is 0 Å². The van der Waals surface area contributed by atoms with Crippen molar-refractivity contribution >= 4 is 53.9 Å². The predicted molar refractivity (Wildman–Crippen MR) is 134 cm³/mol. The topological polar surface area (TPSA) is 29.5 Å². The number of benzene rings is 1. The Labute approximate surface area is 204 Å². The molecule has 0 radical (unpaired) electrons. The van der Waals surface area contributed by atoms with Crippen LogP contribution in [0.1, 0.15) is 43.7 Å². The zero-order valence-corrected chi connectivity index (χ0v) is 22.1. The van der Waals surface area contributed by atoms with Crippen molar-refractivity contribution in [2.45, 2.75) is 39.0 Å². The molecule has 1 atom stereocenters. The van der Waals surface area contributed by atoms with Gasteiger partial charge in [-0.2, -0.15) is 0 Å². The molecule has 3 nitrogen and oxygen atoms in total. The monoisotopic (exact) mass is 597 g/mol. The zero-order valence-electron chi connectivity index (χ0n) is 17.3. The van der Waals surface area contributed by atoms with Crippen LogP contribution >= 0.6 is 47.8 Å². The minimum absolute atomic E-state index is 0.186. The maximum Gasteiger partial charge on any atom is 0.410 e. The first-order valence-electron chi connectivity index (χ1n) is 10.1. The summed E-state index contributed by atoms with van der Waals surface area (Å²) < 4.78 is 8.38. The van der Waals surface area contributed by atoms with E-state index >= 15 is 0 Å². The molecule has 1 unspecified atom stereocenters. The van der Waals surface area contributed by atoms with Gasteiger partial charge < -0.3 is 9.64 Å². The molecule has 0 saturated heterocycles. The highest BCUT2D eigenvalue weighted by atomic mass is 79.9. The van der Waals surface area contributed by atoms with E-state index in [4.69, 9.17) is 4.74 Å². The fourth-order valence-corrected chi connectivity index (χ4v) is 6.06. The summed E-state index contributed by atoms with van der Waals surface area (Å²) >= 11 is 11.1. The van der Waals surface area contributed by atoms with Crippen molar-refractivity contribution in [2.24, 2.45) is 0 Å². The van der Waals surface area contributed by atoms with E-state index < -0.39 is 0 Å². The van der Waals surface area contributed by atoms with Gasteiger partial charge in [-0.3, -0.25) is 0 Å². The van der Waals surface area contributed by atoms with E-state index in [1.165, 1.54) is 27.8 Å². The predicted octanol–water partition coefficient (Wildman–Crippen LogP) is 7.81. The summed E-state index contributed by atoms with van der Waals surface area (Å²) in [6.07, 6.45) is 8.79. The van der Waals surface area contributed by atoms with Crippen LogP contribution in [-0.4, -0.2) is 30.7 Å². The highest BCUT2D eigenvalue weighted by Crippen LogP contribution is 2.45. The number of halogens is 3. The maximum atomic E-state index is 12.1. The van der Waals surface area contributed by atoms with Gasteiger partial charge >= 0.3 is 6.09 Å². The third-order valence-electron chi connectivity index (χ3n) is 5.72. The number of fused-ring (bicyclic) bond motifs is 1. The second-order valence-electron chi connectivity index (χ2n) is 7.51. The zero-order chi connectivity index (χ0) is 21.8. The standard InChI is InChI=1S/C24H26Br3NO2/c1-4-19(25)12-17-6-7-18-13-20(26)14-21(27)23(18)22(15(17)3)16-8-10-28(11-9-16)24(29)30-5-2/h4,8,12-14,22H,1,5-7,9-11H2,2-3H3/b19-12+. The van der Waals surface area contributed by atoms with Crippen molar-refractivity contribution in [3.63, 3.8) is 0 Å². The van der Waals surface area contributed by atoms with E-state index in [1.54, 1.807) is 4.90 Å². The minimum Gasteiger partial charge on any atom is -0.450 e. The van der Waals surface area contributed by atoms with Crippen molar-refractivity contribution in [1.82, 2.24) is 4.90 Å². The highest BCUT2D eigenvalue weighted by molar-refractivity contribution is 9.12. The number of rotatable bonds is 4. The number of amides is 1. The van der Waals surface area contributed by atoms with E-state index in [2.05, 4.69) is 85.6 Å². The molecule has 1 heterocycles. The van der Waals surface area contributed by atoms with E-state index in [1.807, 2.05) is 13.0 Å². The van der Waals surface area contributed by atoms with Crippen LogP contribution in [0.15, 0.2) is 67.1 Å². The summed E-state index contributed by atoms with van der Waals surface area (Å²) in [6.45, 7) is 9.62. The van der Waals surface area contributed by atoms with Gasteiger partial charge in [0.05, 0.1) is 6.61 Å². The molecule has 2 aliphatic rings.